The molecule has 1 heterocycles. The maximum atomic E-state index is 12.0. The summed E-state index contributed by atoms with van der Waals surface area (Å²) in [4.78, 5) is 16.2. The van der Waals surface area contributed by atoms with Crippen molar-refractivity contribution < 1.29 is 9.53 Å². The second-order valence-electron chi connectivity index (χ2n) is 5.26. The number of hydrogen-bond donors (Lipinski definition) is 1. The van der Waals surface area contributed by atoms with Crippen LogP contribution in [0.15, 0.2) is 28.7 Å². The number of anilines is 1. The lowest BCUT2D eigenvalue weighted by Gasteiger charge is -2.14. The molecule has 0 spiro atoms. The zero-order chi connectivity index (χ0) is 16.3. The van der Waals surface area contributed by atoms with E-state index in [9.17, 15) is 4.79 Å². The molecule has 0 bridgehead atoms. The number of nitrogens with zero attached hydrogens (tertiary/aromatic N) is 1. The van der Waals surface area contributed by atoms with Crippen molar-refractivity contribution in [2.75, 3.05) is 11.9 Å². The minimum atomic E-state index is -0.226. The molecule has 0 saturated heterocycles. The van der Waals surface area contributed by atoms with Crippen molar-refractivity contribution in [2.45, 2.75) is 27.7 Å². The lowest BCUT2D eigenvalue weighted by molar-refractivity contribution is -0.118. The van der Waals surface area contributed by atoms with Crippen molar-refractivity contribution in [3.63, 3.8) is 0 Å². The molecule has 0 atom stereocenters. The molecule has 5 heteroatoms. The van der Waals surface area contributed by atoms with E-state index in [0.717, 1.165) is 32.6 Å². The van der Waals surface area contributed by atoms with Crippen LogP contribution in [0.4, 0.5) is 5.82 Å². The number of rotatable bonds is 4. The van der Waals surface area contributed by atoms with Crippen LogP contribution in [0, 0.1) is 27.7 Å². The Morgan fingerprint density at radius 1 is 1.23 bits per heavy atom. The number of ether oxygens (including phenoxy) is 1. The minimum absolute atomic E-state index is 0.0447. The molecule has 1 amide bonds. The molecule has 2 rings (SSSR count). The average molecular weight is 363 g/mol. The molecule has 1 N–H and O–H groups in total. The van der Waals surface area contributed by atoms with E-state index in [1.807, 2.05) is 45.9 Å². The van der Waals surface area contributed by atoms with E-state index in [1.165, 1.54) is 0 Å². The summed E-state index contributed by atoms with van der Waals surface area (Å²) in [6, 6.07) is 7.42. The van der Waals surface area contributed by atoms with Crippen LogP contribution in [-0.2, 0) is 4.79 Å². The van der Waals surface area contributed by atoms with Gasteiger partial charge in [-0.2, -0.15) is 0 Å². The van der Waals surface area contributed by atoms with Gasteiger partial charge < -0.3 is 10.1 Å². The molecule has 0 aliphatic rings. The van der Waals surface area contributed by atoms with Crippen molar-refractivity contribution in [1.29, 1.82) is 0 Å². The maximum Gasteiger partial charge on any atom is 0.263 e. The van der Waals surface area contributed by atoms with Crippen molar-refractivity contribution >= 4 is 27.7 Å². The van der Waals surface area contributed by atoms with Crippen LogP contribution in [0.1, 0.15) is 22.4 Å². The highest BCUT2D eigenvalue weighted by molar-refractivity contribution is 9.10. The molecule has 0 fully saturated rings. The first-order valence-electron chi connectivity index (χ1n) is 7.01. The number of aromatic nitrogens is 1. The highest BCUT2D eigenvalue weighted by Crippen LogP contribution is 2.31. The molecule has 0 aliphatic heterocycles. The molecular weight excluding hydrogens is 344 g/mol. The molecule has 1 aromatic carbocycles. The average Bonchev–Trinajstić information content (AvgIpc) is 2.47. The van der Waals surface area contributed by atoms with Crippen molar-refractivity contribution in [3.8, 4) is 5.75 Å². The van der Waals surface area contributed by atoms with E-state index in [0.29, 0.717) is 5.82 Å². The Labute approximate surface area is 139 Å². The topological polar surface area (TPSA) is 51.2 Å². The van der Waals surface area contributed by atoms with Gasteiger partial charge in [-0.3, -0.25) is 4.79 Å². The number of benzene rings is 1. The molecule has 0 radical (unpaired) electrons. The fraction of sp³-hybridized carbons (Fsp3) is 0.294. The monoisotopic (exact) mass is 362 g/mol. The molecule has 116 valence electrons. The standard InChI is InChI=1S/C17H19BrN2O2/c1-10-8-14(12(3)13(4)17(10)18)22-9-16(21)20-15-7-5-6-11(2)19-15/h5-8H,9H2,1-4H3,(H,19,20,21). The normalized spacial score (nSPS) is 10.4. The van der Waals surface area contributed by atoms with Crippen LogP contribution >= 0.6 is 15.9 Å². The smallest absolute Gasteiger partial charge is 0.263 e. The number of aryl methyl sites for hydroxylation is 2. The summed E-state index contributed by atoms with van der Waals surface area (Å²) in [5, 5.41) is 2.73. The largest absolute Gasteiger partial charge is 0.483 e. The van der Waals surface area contributed by atoms with Gasteiger partial charge in [0.05, 0.1) is 0 Å². The van der Waals surface area contributed by atoms with E-state index < -0.39 is 0 Å². The minimum Gasteiger partial charge on any atom is -0.483 e. The highest BCUT2D eigenvalue weighted by atomic mass is 79.9. The van der Waals surface area contributed by atoms with E-state index in [2.05, 4.69) is 26.2 Å². The lowest BCUT2D eigenvalue weighted by Crippen LogP contribution is -2.21. The first kappa shape index (κ1) is 16.5. The predicted molar refractivity (Wildman–Crippen MR) is 91.5 cm³/mol. The first-order chi connectivity index (χ1) is 10.4. The highest BCUT2D eigenvalue weighted by Gasteiger charge is 2.11. The van der Waals surface area contributed by atoms with Gasteiger partial charge in [0.1, 0.15) is 11.6 Å². The number of halogens is 1. The number of nitrogens with one attached hydrogen (secondary N) is 1. The van der Waals surface area contributed by atoms with E-state index in [4.69, 9.17) is 4.74 Å². The molecular formula is C17H19BrN2O2. The molecule has 2 aromatic rings. The predicted octanol–water partition coefficient (Wildman–Crippen LogP) is 4.10. The number of carbonyl (C=O) groups is 1. The number of carbonyl (C=O) groups excluding carboxylic acids is 1. The summed E-state index contributed by atoms with van der Waals surface area (Å²) >= 11 is 3.55. The zero-order valence-electron chi connectivity index (χ0n) is 13.2. The van der Waals surface area contributed by atoms with Crippen LogP contribution in [-0.4, -0.2) is 17.5 Å². The third-order valence-corrected chi connectivity index (χ3v) is 4.69. The Kier molecular flexibility index (Phi) is 5.19. The van der Waals surface area contributed by atoms with Crippen LogP contribution < -0.4 is 10.1 Å². The Balaban J connectivity index is 2.03. The quantitative estimate of drug-likeness (QED) is 0.890. The summed E-state index contributed by atoms with van der Waals surface area (Å²) in [6.07, 6.45) is 0. The van der Waals surface area contributed by atoms with Crippen molar-refractivity contribution in [2.24, 2.45) is 0 Å². The SMILES string of the molecule is Cc1cccc(NC(=O)COc2cc(C)c(Br)c(C)c2C)n1. The fourth-order valence-corrected chi connectivity index (χ4v) is 2.51. The van der Waals surface area contributed by atoms with Crippen molar-refractivity contribution in [3.05, 3.63) is 51.1 Å². The summed E-state index contributed by atoms with van der Waals surface area (Å²) in [7, 11) is 0. The molecule has 0 aliphatic carbocycles. The Bertz CT molecular complexity index is 714. The Hall–Kier alpha value is -1.88. The van der Waals surface area contributed by atoms with Crippen LogP contribution in [0.25, 0.3) is 0 Å². The fourth-order valence-electron chi connectivity index (χ4n) is 2.10. The Morgan fingerprint density at radius 2 is 1.95 bits per heavy atom. The maximum absolute atomic E-state index is 12.0. The van der Waals surface area contributed by atoms with Gasteiger partial charge in [-0.05, 0) is 62.6 Å². The van der Waals surface area contributed by atoms with Gasteiger partial charge in [-0.25, -0.2) is 4.98 Å². The van der Waals surface area contributed by atoms with E-state index >= 15 is 0 Å². The van der Waals surface area contributed by atoms with Crippen LogP contribution in [0.5, 0.6) is 5.75 Å². The van der Waals surface area contributed by atoms with Crippen LogP contribution in [0.2, 0.25) is 0 Å². The third-order valence-electron chi connectivity index (χ3n) is 3.47. The van der Waals surface area contributed by atoms with E-state index in [-0.39, 0.29) is 12.5 Å². The van der Waals surface area contributed by atoms with Gasteiger partial charge in [-0.15, -0.1) is 0 Å². The third kappa shape index (κ3) is 3.85. The molecule has 4 nitrogen and oxygen atoms in total. The van der Waals surface area contributed by atoms with Gasteiger partial charge in [0.2, 0.25) is 0 Å². The van der Waals surface area contributed by atoms with E-state index in [1.54, 1.807) is 6.07 Å². The molecule has 1 aromatic heterocycles. The molecule has 0 unspecified atom stereocenters. The van der Waals surface area contributed by atoms with Gasteiger partial charge in [0, 0.05) is 10.2 Å². The number of amides is 1. The summed E-state index contributed by atoms with van der Waals surface area (Å²) in [5.41, 5.74) is 4.09. The summed E-state index contributed by atoms with van der Waals surface area (Å²) < 4.78 is 6.73. The summed E-state index contributed by atoms with van der Waals surface area (Å²) in [5.74, 6) is 1.04. The van der Waals surface area contributed by atoms with Crippen molar-refractivity contribution in [1.82, 2.24) is 4.98 Å². The second kappa shape index (κ2) is 6.92. The second-order valence-corrected chi connectivity index (χ2v) is 6.05. The van der Waals surface area contributed by atoms with Gasteiger partial charge in [-0.1, -0.05) is 22.0 Å². The van der Waals surface area contributed by atoms with Gasteiger partial charge >= 0.3 is 0 Å². The van der Waals surface area contributed by atoms with Crippen LogP contribution in [0.3, 0.4) is 0 Å². The zero-order valence-corrected chi connectivity index (χ0v) is 14.7. The van der Waals surface area contributed by atoms with Gasteiger partial charge in [0.25, 0.3) is 5.91 Å². The Morgan fingerprint density at radius 3 is 2.64 bits per heavy atom. The number of hydrogen-bond acceptors (Lipinski definition) is 3. The lowest BCUT2D eigenvalue weighted by atomic mass is 10.1. The molecule has 22 heavy (non-hydrogen) atoms. The first-order valence-corrected chi connectivity index (χ1v) is 7.80. The number of pyridine rings is 1. The summed E-state index contributed by atoms with van der Waals surface area (Å²) in [6.45, 7) is 7.84. The molecule has 0 saturated carbocycles. The van der Waals surface area contributed by atoms with Gasteiger partial charge in [0.15, 0.2) is 6.61 Å².